The van der Waals surface area contributed by atoms with Crippen molar-refractivity contribution in [2.24, 2.45) is 0 Å². The van der Waals surface area contributed by atoms with Crippen LogP contribution in [-0.2, 0) is 0 Å². The largest absolute Gasteiger partial charge is 0.384 e. The molecule has 0 spiro atoms. The smallest absolute Gasteiger partial charge is 0.106 e. The van der Waals surface area contributed by atoms with Gasteiger partial charge in [0.15, 0.2) is 0 Å². The minimum atomic E-state index is -0.648. The van der Waals surface area contributed by atoms with Crippen LogP contribution in [0.5, 0.6) is 0 Å². The molecule has 1 unspecified atom stereocenters. The molecule has 1 aromatic carbocycles. The van der Waals surface area contributed by atoms with Crippen molar-refractivity contribution in [1.82, 2.24) is 4.98 Å². The van der Waals surface area contributed by atoms with Gasteiger partial charge in [-0.05, 0) is 30.7 Å². The second-order valence-corrected chi connectivity index (χ2v) is 4.12. The van der Waals surface area contributed by atoms with Gasteiger partial charge in [0, 0.05) is 22.5 Å². The second kappa shape index (κ2) is 4.64. The van der Waals surface area contributed by atoms with Gasteiger partial charge in [0.25, 0.3) is 0 Å². The van der Waals surface area contributed by atoms with Gasteiger partial charge in [-0.15, -0.1) is 0 Å². The molecule has 0 radical (unpaired) electrons. The van der Waals surface area contributed by atoms with Gasteiger partial charge in [-0.2, -0.15) is 0 Å². The van der Waals surface area contributed by atoms with E-state index < -0.39 is 6.10 Å². The minimum absolute atomic E-state index is 0.648. The number of aryl methyl sites for hydroxylation is 1. The summed E-state index contributed by atoms with van der Waals surface area (Å²) < 4.78 is 0. The Morgan fingerprint density at radius 1 is 1.06 bits per heavy atom. The molecule has 1 aromatic heterocycles. The quantitative estimate of drug-likeness (QED) is 0.865. The number of nitrogens with zero attached hydrogens (tertiary/aromatic N) is 1. The van der Waals surface area contributed by atoms with Crippen LogP contribution in [0.3, 0.4) is 0 Å². The third-order valence-electron chi connectivity index (χ3n) is 2.44. The highest BCUT2D eigenvalue weighted by Crippen LogP contribution is 2.22. The Morgan fingerprint density at radius 3 is 2.25 bits per heavy atom. The fourth-order valence-electron chi connectivity index (χ4n) is 1.48. The van der Waals surface area contributed by atoms with Gasteiger partial charge >= 0.3 is 0 Å². The van der Waals surface area contributed by atoms with Crippen LogP contribution in [0.25, 0.3) is 0 Å². The van der Waals surface area contributed by atoms with Gasteiger partial charge in [0.1, 0.15) is 6.10 Å². The number of benzene rings is 1. The standard InChI is InChI=1S/C13H12ClNO/c1-9-2-3-11(8-15-9)13(16)10-4-6-12(14)7-5-10/h2-8,13,16H,1H3. The molecule has 3 heteroatoms. The van der Waals surface area contributed by atoms with E-state index in [-0.39, 0.29) is 0 Å². The van der Waals surface area contributed by atoms with Gasteiger partial charge in [-0.3, -0.25) is 4.98 Å². The lowest BCUT2D eigenvalue weighted by Gasteiger charge is -2.11. The van der Waals surface area contributed by atoms with Crippen molar-refractivity contribution in [3.8, 4) is 0 Å². The van der Waals surface area contributed by atoms with Crippen LogP contribution >= 0.6 is 11.6 Å². The molecule has 82 valence electrons. The molecule has 0 saturated carbocycles. The molecule has 2 rings (SSSR count). The van der Waals surface area contributed by atoms with E-state index in [2.05, 4.69) is 4.98 Å². The lowest BCUT2D eigenvalue weighted by molar-refractivity contribution is 0.220. The van der Waals surface area contributed by atoms with Crippen molar-refractivity contribution < 1.29 is 5.11 Å². The molecule has 0 bridgehead atoms. The Kier molecular flexibility index (Phi) is 3.22. The Hall–Kier alpha value is -1.38. The molecule has 0 amide bonds. The summed E-state index contributed by atoms with van der Waals surface area (Å²) in [5.41, 5.74) is 2.54. The van der Waals surface area contributed by atoms with Crippen LogP contribution in [0.4, 0.5) is 0 Å². The number of pyridine rings is 1. The van der Waals surface area contributed by atoms with Gasteiger partial charge in [-0.1, -0.05) is 29.8 Å². The molecule has 0 fully saturated rings. The number of rotatable bonds is 2. The van der Waals surface area contributed by atoms with Gasteiger partial charge < -0.3 is 5.11 Å². The van der Waals surface area contributed by atoms with Gasteiger partial charge in [0.2, 0.25) is 0 Å². The van der Waals surface area contributed by atoms with E-state index in [4.69, 9.17) is 11.6 Å². The predicted molar refractivity (Wildman–Crippen MR) is 64.5 cm³/mol. The fourth-order valence-corrected chi connectivity index (χ4v) is 1.60. The van der Waals surface area contributed by atoms with E-state index in [9.17, 15) is 5.11 Å². The Balaban J connectivity index is 2.28. The summed E-state index contributed by atoms with van der Waals surface area (Å²) in [7, 11) is 0. The zero-order valence-corrected chi connectivity index (χ0v) is 9.65. The van der Waals surface area contributed by atoms with Crippen molar-refractivity contribution in [3.63, 3.8) is 0 Å². The van der Waals surface area contributed by atoms with Crippen molar-refractivity contribution in [2.75, 3.05) is 0 Å². The normalized spacial score (nSPS) is 12.4. The molecule has 0 saturated heterocycles. The maximum absolute atomic E-state index is 10.1. The monoisotopic (exact) mass is 233 g/mol. The summed E-state index contributed by atoms with van der Waals surface area (Å²) in [6, 6.07) is 10.9. The van der Waals surface area contributed by atoms with Crippen LogP contribution in [0.15, 0.2) is 42.6 Å². The molecule has 0 aliphatic heterocycles. The first kappa shape index (κ1) is 11.1. The number of hydrogen-bond donors (Lipinski definition) is 1. The van der Waals surface area contributed by atoms with E-state index in [1.54, 1.807) is 18.3 Å². The number of aliphatic hydroxyl groups excluding tert-OH is 1. The zero-order valence-electron chi connectivity index (χ0n) is 8.89. The van der Waals surface area contributed by atoms with E-state index in [0.717, 1.165) is 16.8 Å². The number of aliphatic hydroxyl groups is 1. The Morgan fingerprint density at radius 2 is 1.69 bits per heavy atom. The average molecular weight is 234 g/mol. The van der Waals surface area contributed by atoms with E-state index in [1.807, 2.05) is 31.2 Å². The van der Waals surface area contributed by atoms with Crippen LogP contribution < -0.4 is 0 Å². The van der Waals surface area contributed by atoms with Crippen molar-refractivity contribution in [1.29, 1.82) is 0 Å². The number of aromatic nitrogens is 1. The van der Waals surface area contributed by atoms with Crippen LogP contribution in [-0.4, -0.2) is 10.1 Å². The maximum Gasteiger partial charge on any atom is 0.106 e. The van der Waals surface area contributed by atoms with Gasteiger partial charge in [-0.25, -0.2) is 0 Å². The molecule has 1 atom stereocenters. The molecular weight excluding hydrogens is 222 g/mol. The molecule has 16 heavy (non-hydrogen) atoms. The number of halogens is 1. The van der Waals surface area contributed by atoms with E-state index in [0.29, 0.717) is 5.02 Å². The third kappa shape index (κ3) is 2.40. The molecule has 1 heterocycles. The van der Waals surface area contributed by atoms with Crippen molar-refractivity contribution in [2.45, 2.75) is 13.0 Å². The summed E-state index contributed by atoms with van der Waals surface area (Å²) in [6.45, 7) is 1.92. The Bertz CT molecular complexity index is 419. The Labute approximate surface area is 99.5 Å². The van der Waals surface area contributed by atoms with Crippen LogP contribution in [0.2, 0.25) is 5.02 Å². The molecule has 2 nitrogen and oxygen atoms in total. The fraction of sp³-hybridized carbons (Fsp3) is 0.154. The molecule has 2 aromatic rings. The minimum Gasteiger partial charge on any atom is -0.384 e. The van der Waals surface area contributed by atoms with Crippen LogP contribution in [0.1, 0.15) is 22.9 Å². The summed E-state index contributed by atoms with van der Waals surface area (Å²) >= 11 is 5.79. The van der Waals surface area contributed by atoms with E-state index in [1.165, 1.54) is 0 Å². The molecule has 0 aliphatic rings. The average Bonchev–Trinajstić information content (AvgIpc) is 2.30. The summed E-state index contributed by atoms with van der Waals surface area (Å²) in [4.78, 5) is 4.16. The van der Waals surface area contributed by atoms with E-state index >= 15 is 0 Å². The molecule has 0 aliphatic carbocycles. The predicted octanol–water partition coefficient (Wildman–Crippen LogP) is 3.13. The maximum atomic E-state index is 10.1. The first-order chi connectivity index (χ1) is 7.66. The van der Waals surface area contributed by atoms with Crippen molar-refractivity contribution in [3.05, 3.63) is 64.4 Å². The first-order valence-electron chi connectivity index (χ1n) is 5.03. The van der Waals surface area contributed by atoms with Crippen LogP contribution in [0, 0.1) is 6.92 Å². The zero-order chi connectivity index (χ0) is 11.5. The lowest BCUT2D eigenvalue weighted by Crippen LogP contribution is -2.00. The molecule has 1 N–H and O–H groups in total. The number of hydrogen-bond acceptors (Lipinski definition) is 2. The molecular formula is C13H12ClNO. The first-order valence-corrected chi connectivity index (χ1v) is 5.41. The lowest BCUT2D eigenvalue weighted by atomic mass is 10.0. The SMILES string of the molecule is Cc1ccc(C(O)c2ccc(Cl)cc2)cn1. The van der Waals surface area contributed by atoms with Crippen molar-refractivity contribution >= 4 is 11.6 Å². The highest BCUT2D eigenvalue weighted by atomic mass is 35.5. The highest BCUT2D eigenvalue weighted by Gasteiger charge is 2.09. The van der Waals surface area contributed by atoms with Gasteiger partial charge in [0.05, 0.1) is 0 Å². The topological polar surface area (TPSA) is 33.1 Å². The third-order valence-corrected chi connectivity index (χ3v) is 2.69. The highest BCUT2D eigenvalue weighted by molar-refractivity contribution is 6.30. The second-order valence-electron chi connectivity index (χ2n) is 3.69. The summed E-state index contributed by atoms with van der Waals surface area (Å²) in [5.74, 6) is 0. The summed E-state index contributed by atoms with van der Waals surface area (Å²) in [6.07, 6.45) is 1.04. The summed E-state index contributed by atoms with van der Waals surface area (Å²) in [5, 5.41) is 10.8.